The molecule has 0 aliphatic heterocycles. The first-order valence-corrected chi connectivity index (χ1v) is 9.10. The Balaban J connectivity index is 1.97. The van der Waals surface area contributed by atoms with Gasteiger partial charge in [0.2, 0.25) is 0 Å². The van der Waals surface area contributed by atoms with Gasteiger partial charge in [0.15, 0.2) is 0 Å². The van der Waals surface area contributed by atoms with Crippen molar-refractivity contribution in [1.29, 1.82) is 0 Å². The van der Waals surface area contributed by atoms with E-state index in [2.05, 4.69) is 5.32 Å². The maximum absolute atomic E-state index is 12.8. The molecule has 0 aliphatic carbocycles. The number of carbonyl (C=O) groups is 2. The van der Waals surface area contributed by atoms with Gasteiger partial charge in [0, 0.05) is 10.4 Å². The van der Waals surface area contributed by atoms with E-state index in [9.17, 15) is 14.7 Å². The number of carboxylic acid groups (broad SMARTS) is 1. The Morgan fingerprint density at radius 1 is 1.04 bits per heavy atom. The second-order valence-electron chi connectivity index (χ2n) is 6.96. The molecule has 0 spiro atoms. The van der Waals surface area contributed by atoms with Crippen molar-refractivity contribution in [3.8, 4) is 5.75 Å². The second kappa shape index (κ2) is 7.90. The van der Waals surface area contributed by atoms with Crippen LogP contribution in [0.2, 0.25) is 5.02 Å². The Labute approximate surface area is 167 Å². The first kappa shape index (κ1) is 19.7. The van der Waals surface area contributed by atoms with Crippen LogP contribution in [0, 0.1) is 0 Å². The lowest BCUT2D eigenvalue weighted by Crippen LogP contribution is -2.49. The first-order chi connectivity index (χ1) is 13.3. The molecule has 0 heterocycles. The number of benzene rings is 3. The van der Waals surface area contributed by atoms with E-state index in [-0.39, 0.29) is 12.2 Å². The van der Waals surface area contributed by atoms with E-state index in [1.807, 2.05) is 42.5 Å². The highest BCUT2D eigenvalue weighted by molar-refractivity contribution is 6.30. The molecule has 1 amide bonds. The minimum Gasteiger partial charge on any atom is -0.487 e. The molecule has 3 rings (SSSR count). The summed E-state index contributed by atoms with van der Waals surface area (Å²) in [6.45, 7) is 3.11. The van der Waals surface area contributed by atoms with Crippen LogP contribution in [-0.2, 0) is 11.4 Å². The fourth-order valence-corrected chi connectivity index (χ4v) is 2.84. The van der Waals surface area contributed by atoms with Crippen molar-refractivity contribution in [2.24, 2.45) is 0 Å². The highest BCUT2D eigenvalue weighted by Crippen LogP contribution is 2.31. The molecule has 0 unspecified atom stereocenters. The number of hydrogen-bond acceptors (Lipinski definition) is 3. The Morgan fingerprint density at radius 2 is 1.71 bits per heavy atom. The monoisotopic (exact) mass is 397 g/mol. The van der Waals surface area contributed by atoms with E-state index in [4.69, 9.17) is 16.3 Å². The van der Waals surface area contributed by atoms with Crippen molar-refractivity contribution in [2.45, 2.75) is 26.0 Å². The Morgan fingerprint density at radius 3 is 2.39 bits per heavy atom. The van der Waals surface area contributed by atoms with Crippen molar-refractivity contribution in [1.82, 2.24) is 5.32 Å². The van der Waals surface area contributed by atoms with E-state index in [0.717, 1.165) is 16.3 Å². The quantitative estimate of drug-likeness (QED) is 0.634. The molecule has 3 aromatic carbocycles. The van der Waals surface area contributed by atoms with Crippen LogP contribution < -0.4 is 10.1 Å². The summed E-state index contributed by atoms with van der Waals surface area (Å²) in [5.74, 6) is -1.22. The smallest absolute Gasteiger partial charge is 0.328 e. The van der Waals surface area contributed by atoms with E-state index in [0.29, 0.717) is 10.8 Å². The number of hydrogen-bond donors (Lipinski definition) is 2. The van der Waals surface area contributed by atoms with Crippen molar-refractivity contribution < 1.29 is 19.4 Å². The third-order valence-corrected chi connectivity index (χ3v) is 4.63. The topological polar surface area (TPSA) is 75.6 Å². The lowest BCUT2D eigenvalue weighted by molar-refractivity contribution is -0.143. The van der Waals surface area contributed by atoms with Crippen LogP contribution in [0.4, 0.5) is 0 Å². The standard InChI is InChI=1S/C22H20ClNO4/c1-22(2,21(26)27)24-20(25)18-12-9-15-5-3-4-6-17(15)19(18)28-13-14-7-10-16(23)11-8-14/h3-12H,13H2,1-2H3,(H,24,25)(H,26,27). The Kier molecular flexibility index (Phi) is 5.56. The zero-order valence-corrected chi connectivity index (χ0v) is 16.3. The molecule has 5 nitrogen and oxygen atoms in total. The van der Waals surface area contributed by atoms with Crippen LogP contribution in [-0.4, -0.2) is 22.5 Å². The van der Waals surface area contributed by atoms with Crippen molar-refractivity contribution in [3.63, 3.8) is 0 Å². The Bertz CT molecular complexity index is 1030. The predicted molar refractivity (Wildman–Crippen MR) is 109 cm³/mol. The average Bonchev–Trinajstić information content (AvgIpc) is 2.66. The SMILES string of the molecule is CC(C)(NC(=O)c1ccc2ccccc2c1OCc1ccc(Cl)cc1)C(=O)O. The number of amides is 1. The van der Waals surface area contributed by atoms with Crippen molar-refractivity contribution >= 4 is 34.2 Å². The summed E-state index contributed by atoms with van der Waals surface area (Å²) >= 11 is 5.92. The number of halogens is 1. The average molecular weight is 398 g/mol. The second-order valence-corrected chi connectivity index (χ2v) is 7.40. The number of carboxylic acids is 1. The van der Waals surface area contributed by atoms with Gasteiger partial charge < -0.3 is 15.2 Å². The number of carbonyl (C=O) groups excluding carboxylic acids is 1. The lowest BCUT2D eigenvalue weighted by Gasteiger charge is -2.22. The van der Waals surface area contributed by atoms with Gasteiger partial charge >= 0.3 is 5.97 Å². The van der Waals surface area contributed by atoms with Gasteiger partial charge in [0.1, 0.15) is 17.9 Å². The van der Waals surface area contributed by atoms with Gasteiger partial charge in [-0.1, -0.05) is 54.1 Å². The number of ether oxygens (including phenoxy) is 1. The molecule has 0 fully saturated rings. The zero-order chi connectivity index (χ0) is 20.3. The van der Waals surface area contributed by atoms with Gasteiger partial charge in [-0.3, -0.25) is 4.79 Å². The van der Waals surface area contributed by atoms with Gasteiger partial charge in [-0.2, -0.15) is 0 Å². The maximum Gasteiger partial charge on any atom is 0.328 e. The lowest BCUT2D eigenvalue weighted by atomic mass is 10.0. The summed E-state index contributed by atoms with van der Waals surface area (Å²) < 4.78 is 6.02. The number of aliphatic carboxylic acids is 1. The summed E-state index contributed by atoms with van der Waals surface area (Å²) in [6, 6.07) is 18.2. The fraction of sp³-hybridized carbons (Fsp3) is 0.182. The molecule has 0 aliphatic rings. The van der Waals surface area contributed by atoms with E-state index < -0.39 is 17.4 Å². The molecule has 0 aromatic heterocycles. The molecule has 0 radical (unpaired) electrons. The summed E-state index contributed by atoms with van der Waals surface area (Å²) in [6.07, 6.45) is 0. The normalized spacial score (nSPS) is 11.2. The summed E-state index contributed by atoms with van der Waals surface area (Å²) in [7, 11) is 0. The number of nitrogens with one attached hydrogen (secondary N) is 1. The molecule has 0 saturated carbocycles. The molecule has 0 saturated heterocycles. The fourth-order valence-electron chi connectivity index (χ4n) is 2.72. The maximum atomic E-state index is 12.8. The number of rotatable bonds is 6. The molecule has 6 heteroatoms. The third-order valence-electron chi connectivity index (χ3n) is 4.38. The first-order valence-electron chi connectivity index (χ1n) is 8.73. The Hall–Kier alpha value is -3.05. The summed E-state index contributed by atoms with van der Waals surface area (Å²) in [5.41, 5.74) is -0.229. The van der Waals surface area contributed by atoms with Crippen LogP contribution in [0.3, 0.4) is 0 Å². The van der Waals surface area contributed by atoms with Crippen LogP contribution in [0.25, 0.3) is 10.8 Å². The summed E-state index contributed by atoms with van der Waals surface area (Å²) in [4.78, 5) is 24.2. The van der Waals surface area contributed by atoms with E-state index in [1.165, 1.54) is 13.8 Å². The van der Waals surface area contributed by atoms with Crippen LogP contribution in [0.15, 0.2) is 60.7 Å². The molecule has 3 aromatic rings. The van der Waals surface area contributed by atoms with Gasteiger partial charge in [-0.15, -0.1) is 0 Å². The molecule has 144 valence electrons. The largest absolute Gasteiger partial charge is 0.487 e. The molecular weight excluding hydrogens is 378 g/mol. The van der Waals surface area contributed by atoms with Crippen LogP contribution >= 0.6 is 11.6 Å². The molecular formula is C22H20ClNO4. The highest BCUT2D eigenvalue weighted by Gasteiger charge is 2.30. The minimum absolute atomic E-state index is 0.244. The van der Waals surface area contributed by atoms with Crippen LogP contribution in [0.5, 0.6) is 5.75 Å². The molecule has 0 atom stereocenters. The van der Waals surface area contributed by atoms with Crippen molar-refractivity contribution in [3.05, 3.63) is 76.8 Å². The van der Waals surface area contributed by atoms with E-state index >= 15 is 0 Å². The van der Waals surface area contributed by atoms with Gasteiger partial charge in [-0.05, 0) is 43.0 Å². The third kappa shape index (κ3) is 4.26. The zero-order valence-electron chi connectivity index (χ0n) is 15.5. The van der Waals surface area contributed by atoms with Crippen LogP contribution in [0.1, 0.15) is 29.8 Å². The van der Waals surface area contributed by atoms with Gasteiger partial charge in [0.25, 0.3) is 5.91 Å². The van der Waals surface area contributed by atoms with Gasteiger partial charge in [0.05, 0.1) is 5.56 Å². The highest BCUT2D eigenvalue weighted by atomic mass is 35.5. The molecule has 2 N–H and O–H groups in total. The number of fused-ring (bicyclic) bond motifs is 1. The van der Waals surface area contributed by atoms with Crippen molar-refractivity contribution in [2.75, 3.05) is 0 Å². The molecule has 28 heavy (non-hydrogen) atoms. The molecule has 0 bridgehead atoms. The van der Waals surface area contributed by atoms with E-state index in [1.54, 1.807) is 18.2 Å². The predicted octanol–water partition coefficient (Wildman–Crippen LogP) is 4.67. The summed E-state index contributed by atoms with van der Waals surface area (Å²) in [5, 5.41) is 14.2. The minimum atomic E-state index is -1.41. The van der Waals surface area contributed by atoms with Gasteiger partial charge in [-0.25, -0.2) is 4.79 Å².